The van der Waals surface area contributed by atoms with E-state index in [4.69, 9.17) is 21.1 Å². The number of benzene rings is 1. The molecule has 1 aromatic carbocycles. The molecule has 1 aliphatic heterocycles. The van der Waals surface area contributed by atoms with Crippen molar-refractivity contribution in [3.05, 3.63) is 44.3 Å². The fourth-order valence-corrected chi connectivity index (χ4v) is 5.22. The van der Waals surface area contributed by atoms with Crippen LogP contribution < -0.4 is 20.3 Å². The highest BCUT2D eigenvalue weighted by atomic mass is 35.5. The minimum Gasteiger partial charge on any atom is -0.486 e. The number of thiophene rings is 1. The zero-order chi connectivity index (χ0) is 20.0. The highest BCUT2D eigenvalue weighted by molar-refractivity contribution is 7.18. The lowest BCUT2D eigenvalue weighted by Crippen LogP contribution is -2.28. The molecule has 0 unspecified atom stereocenters. The standard InChI is InChI=1S/C20H18ClN3O4S/c21-12-7-14-15(28-6-5-27-14)8-13(12)23-17(25)9-24-10-22-19-18(20(24)26)11-3-1-2-4-16(11)29-19/h7-8,10H,1-6,9H2,(H,23,25). The van der Waals surface area contributed by atoms with Gasteiger partial charge in [-0.15, -0.1) is 11.3 Å². The van der Waals surface area contributed by atoms with Crippen molar-refractivity contribution in [1.82, 2.24) is 9.55 Å². The summed E-state index contributed by atoms with van der Waals surface area (Å²) >= 11 is 7.84. The smallest absolute Gasteiger partial charge is 0.262 e. The van der Waals surface area contributed by atoms with E-state index in [-0.39, 0.29) is 18.0 Å². The average molecular weight is 432 g/mol. The number of carbonyl (C=O) groups excluding carboxylic acids is 1. The third-order valence-corrected chi connectivity index (χ3v) is 6.67. The number of anilines is 1. The van der Waals surface area contributed by atoms with E-state index in [1.54, 1.807) is 23.5 Å². The topological polar surface area (TPSA) is 82.5 Å². The van der Waals surface area contributed by atoms with Crippen LogP contribution in [0.1, 0.15) is 23.3 Å². The average Bonchev–Trinajstić information content (AvgIpc) is 3.10. The first-order chi connectivity index (χ1) is 14.1. The van der Waals surface area contributed by atoms with Crippen LogP contribution in [0.25, 0.3) is 10.2 Å². The van der Waals surface area contributed by atoms with E-state index in [0.717, 1.165) is 36.1 Å². The molecule has 7 nitrogen and oxygen atoms in total. The van der Waals surface area contributed by atoms with Crippen LogP contribution in [-0.2, 0) is 24.2 Å². The first-order valence-electron chi connectivity index (χ1n) is 9.49. The summed E-state index contributed by atoms with van der Waals surface area (Å²) in [6.45, 7) is 0.755. The number of amides is 1. The van der Waals surface area contributed by atoms with Gasteiger partial charge in [-0.25, -0.2) is 4.98 Å². The number of aromatic nitrogens is 2. The Bertz CT molecular complexity index is 1190. The van der Waals surface area contributed by atoms with Gasteiger partial charge in [0.25, 0.3) is 5.56 Å². The number of hydrogen-bond acceptors (Lipinski definition) is 6. The van der Waals surface area contributed by atoms with E-state index in [1.165, 1.54) is 15.8 Å². The molecule has 1 amide bonds. The molecular formula is C20H18ClN3O4S. The van der Waals surface area contributed by atoms with Crippen LogP contribution in [-0.4, -0.2) is 28.7 Å². The summed E-state index contributed by atoms with van der Waals surface area (Å²) in [6.07, 6.45) is 5.56. The normalized spacial score (nSPS) is 15.2. The second-order valence-corrected chi connectivity index (χ2v) is 8.58. The molecule has 0 spiro atoms. The van der Waals surface area contributed by atoms with Gasteiger partial charge in [0.05, 0.1) is 22.4 Å². The van der Waals surface area contributed by atoms with E-state index in [0.29, 0.717) is 40.8 Å². The summed E-state index contributed by atoms with van der Waals surface area (Å²) in [6, 6.07) is 3.25. The Kier molecular flexibility index (Phi) is 4.67. The van der Waals surface area contributed by atoms with Gasteiger partial charge in [-0.05, 0) is 31.2 Å². The molecule has 0 radical (unpaired) electrons. The molecule has 3 aromatic rings. The lowest BCUT2D eigenvalue weighted by Gasteiger charge is -2.20. The van der Waals surface area contributed by atoms with E-state index in [9.17, 15) is 9.59 Å². The first-order valence-corrected chi connectivity index (χ1v) is 10.7. The minimum atomic E-state index is -0.365. The van der Waals surface area contributed by atoms with Crippen molar-refractivity contribution in [2.45, 2.75) is 32.2 Å². The van der Waals surface area contributed by atoms with Crippen molar-refractivity contribution >= 4 is 44.7 Å². The van der Waals surface area contributed by atoms with Crippen LogP contribution >= 0.6 is 22.9 Å². The van der Waals surface area contributed by atoms with Gasteiger partial charge in [-0.3, -0.25) is 14.2 Å². The fraction of sp³-hybridized carbons (Fsp3) is 0.350. The van der Waals surface area contributed by atoms with Gasteiger partial charge in [0, 0.05) is 17.0 Å². The SMILES string of the molecule is O=C(Cn1cnc2sc3c(c2c1=O)CCCC3)Nc1cc2c(cc1Cl)OCCO2. The number of aryl methyl sites for hydroxylation is 2. The highest BCUT2D eigenvalue weighted by Gasteiger charge is 2.21. The number of rotatable bonds is 3. The zero-order valence-electron chi connectivity index (χ0n) is 15.5. The van der Waals surface area contributed by atoms with Crippen LogP contribution in [0.2, 0.25) is 5.02 Å². The second kappa shape index (κ2) is 7.35. The highest BCUT2D eigenvalue weighted by Crippen LogP contribution is 2.38. The molecule has 0 saturated carbocycles. The molecule has 1 N–H and O–H groups in total. The monoisotopic (exact) mass is 431 g/mol. The Morgan fingerprint density at radius 1 is 1.21 bits per heavy atom. The molecule has 29 heavy (non-hydrogen) atoms. The van der Waals surface area contributed by atoms with Crippen molar-refractivity contribution in [3.8, 4) is 11.5 Å². The summed E-state index contributed by atoms with van der Waals surface area (Å²) in [5.74, 6) is 0.712. The molecule has 0 saturated heterocycles. The van der Waals surface area contributed by atoms with Crippen LogP contribution in [0.4, 0.5) is 5.69 Å². The minimum absolute atomic E-state index is 0.142. The molecule has 0 fully saturated rings. The van der Waals surface area contributed by atoms with Crippen LogP contribution in [0.15, 0.2) is 23.3 Å². The lowest BCUT2D eigenvalue weighted by atomic mass is 9.97. The summed E-state index contributed by atoms with van der Waals surface area (Å²) in [5.41, 5.74) is 1.35. The Labute approximate surface area is 175 Å². The van der Waals surface area contributed by atoms with E-state index in [1.807, 2.05) is 0 Å². The summed E-state index contributed by atoms with van der Waals surface area (Å²) in [5, 5.41) is 3.76. The van der Waals surface area contributed by atoms with Gasteiger partial charge >= 0.3 is 0 Å². The van der Waals surface area contributed by atoms with E-state index < -0.39 is 0 Å². The predicted molar refractivity (Wildman–Crippen MR) is 112 cm³/mol. The number of nitrogens with zero attached hydrogens (tertiary/aromatic N) is 2. The zero-order valence-corrected chi connectivity index (χ0v) is 17.1. The maximum Gasteiger partial charge on any atom is 0.262 e. The molecule has 5 rings (SSSR count). The summed E-state index contributed by atoms with van der Waals surface area (Å²) < 4.78 is 12.4. The fourth-order valence-electron chi connectivity index (χ4n) is 3.80. The molecule has 0 atom stereocenters. The van der Waals surface area contributed by atoms with Crippen molar-refractivity contribution in [2.24, 2.45) is 0 Å². The largest absolute Gasteiger partial charge is 0.486 e. The third-order valence-electron chi connectivity index (χ3n) is 5.16. The Morgan fingerprint density at radius 2 is 1.97 bits per heavy atom. The third kappa shape index (κ3) is 3.36. The van der Waals surface area contributed by atoms with E-state index >= 15 is 0 Å². The molecule has 1 aliphatic carbocycles. The Morgan fingerprint density at radius 3 is 2.79 bits per heavy atom. The number of carbonyl (C=O) groups is 1. The van der Waals surface area contributed by atoms with Crippen molar-refractivity contribution in [1.29, 1.82) is 0 Å². The maximum absolute atomic E-state index is 13.0. The maximum atomic E-state index is 13.0. The molecule has 9 heteroatoms. The summed E-state index contributed by atoms with van der Waals surface area (Å²) in [7, 11) is 0. The van der Waals surface area contributed by atoms with Gasteiger partial charge in [-0.1, -0.05) is 11.6 Å². The molecule has 2 aliphatic rings. The Balaban J connectivity index is 1.40. The first kappa shape index (κ1) is 18.4. The van der Waals surface area contributed by atoms with Gasteiger partial charge in [0.15, 0.2) is 11.5 Å². The molecular weight excluding hydrogens is 414 g/mol. The molecule has 0 bridgehead atoms. The quantitative estimate of drug-likeness (QED) is 0.687. The summed E-state index contributed by atoms with van der Waals surface area (Å²) in [4.78, 5) is 32.0. The number of fused-ring (bicyclic) bond motifs is 4. The number of nitrogens with one attached hydrogen (secondary N) is 1. The van der Waals surface area contributed by atoms with Crippen LogP contribution in [0, 0.1) is 0 Å². The van der Waals surface area contributed by atoms with Gasteiger partial charge in [-0.2, -0.15) is 0 Å². The van der Waals surface area contributed by atoms with Gasteiger partial charge < -0.3 is 14.8 Å². The van der Waals surface area contributed by atoms with Gasteiger partial charge in [0.1, 0.15) is 24.6 Å². The van der Waals surface area contributed by atoms with Crippen LogP contribution in [0.3, 0.4) is 0 Å². The molecule has 2 aromatic heterocycles. The lowest BCUT2D eigenvalue weighted by molar-refractivity contribution is -0.116. The van der Waals surface area contributed by atoms with Gasteiger partial charge in [0.2, 0.25) is 5.91 Å². The molecule has 150 valence electrons. The van der Waals surface area contributed by atoms with Crippen LogP contribution in [0.5, 0.6) is 11.5 Å². The predicted octanol–water partition coefficient (Wildman–Crippen LogP) is 3.40. The number of halogens is 1. The van der Waals surface area contributed by atoms with Crippen molar-refractivity contribution in [3.63, 3.8) is 0 Å². The van der Waals surface area contributed by atoms with Crippen molar-refractivity contribution < 1.29 is 14.3 Å². The Hall–Kier alpha value is -2.58. The molecule has 3 heterocycles. The van der Waals surface area contributed by atoms with Crippen molar-refractivity contribution in [2.75, 3.05) is 18.5 Å². The second-order valence-electron chi connectivity index (χ2n) is 7.09. The number of hydrogen-bond donors (Lipinski definition) is 1. The van der Waals surface area contributed by atoms with E-state index in [2.05, 4.69) is 10.3 Å². The number of ether oxygens (including phenoxy) is 2.